The summed E-state index contributed by atoms with van der Waals surface area (Å²) in [4.78, 5) is 6.98. The van der Waals surface area contributed by atoms with Gasteiger partial charge in [-0.3, -0.25) is 0 Å². The Labute approximate surface area is 113 Å². The second-order valence-electron chi connectivity index (χ2n) is 5.02. The van der Waals surface area contributed by atoms with E-state index >= 15 is 0 Å². The van der Waals surface area contributed by atoms with E-state index in [4.69, 9.17) is 10.5 Å². The molecule has 0 saturated carbocycles. The summed E-state index contributed by atoms with van der Waals surface area (Å²) in [6, 6.07) is 0. The fourth-order valence-electron chi connectivity index (χ4n) is 2.37. The Morgan fingerprint density at radius 2 is 2.28 bits per heavy atom. The van der Waals surface area contributed by atoms with Crippen molar-refractivity contribution in [3.63, 3.8) is 0 Å². The Morgan fingerprint density at radius 3 is 3.00 bits per heavy atom. The molecule has 0 unspecified atom stereocenters. The number of aromatic nitrogens is 1. The molecule has 0 atom stereocenters. The van der Waals surface area contributed by atoms with Gasteiger partial charge in [0.05, 0.1) is 10.7 Å². The lowest BCUT2D eigenvalue weighted by Crippen LogP contribution is -2.29. The number of thiazole rings is 1. The zero-order chi connectivity index (χ0) is 12.8. The van der Waals surface area contributed by atoms with Crippen molar-refractivity contribution < 1.29 is 4.74 Å². The topological polar surface area (TPSA) is 51.4 Å². The number of hydrogen-bond acceptors (Lipinski definition) is 5. The Kier molecular flexibility index (Phi) is 5.56. The van der Waals surface area contributed by atoms with Crippen LogP contribution in [0.1, 0.15) is 23.5 Å². The van der Waals surface area contributed by atoms with E-state index < -0.39 is 0 Å². The SMILES string of the molecule is CN(Cc1csc(CCN)n1)CC1CCOCC1. The fourth-order valence-corrected chi connectivity index (χ4v) is 3.18. The summed E-state index contributed by atoms with van der Waals surface area (Å²) in [5, 5.41) is 3.32. The third kappa shape index (κ3) is 4.31. The first kappa shape index (κ1) is 13.9. The van der Waals surface area contributed by atoms with Crippen molar-refractivity contribution in [2.24, 2.45) is 11.7 Å². The van der Waals surface area contributed by atoms with Crippen LogP contribution in [-0.4, -0.2) is 43.2 Å². The van der Waals surface area contributed by atoms with Crippen LogP contribution in [0.15, 0.2) is 5.38 Å². The van der Waals surface area contributed by atoms with Crippen molar-refractivity contribution in [1.29, 1.82) is 0 Å². The molecule has 0 amide bonds. The standard InChI is InChI=1S/C13H23N3OS/c1-16(8-11-3-6-17-7-4-11)9-12-10-18-13(15-12)2-5-14/h10-11H,2-9,14H2,1H3. The van der Waals surface area contributed by atoms with E-state index in [0.29, 0.717) is 6.54 Å². The number of nitrogens with two attached hydrogens (primary N) is 1. The lowest BCUT2D eigenvalue weighted by Gasteiger charge is -2.26. The smallest absolute Gasteiger partial charge is 0.0941 e. The lowest BCUT2D eigenvalue weighted by atomic mass is 10.00. The number of hydrogen-bond donors (Lipinski definition) is 1. The molecule has 1 saturated heterocycles. The molecule has 1 aromatic heterocycles. The summed E-state index contributed by atoms with van der Waals surface area (Å²) in [5.74, 6) is 0.783. The number of rotatable bonds is 6. The lowest BCUT2D eigenvalue weighted by molar-refractivity contribution is 0.0548. The van der Waals surface area contributed by atoms with Crippen molar-refractivity contribution in [3.05, 3.63) is 16.1 Å². The molecule has 2 N–H and O–H groups in total. The van der Waals surface area contributed by atoms with Crippen molar-refractivity contribution in [2.45, 2.75) is 25.8 Å². The van der Waals surface area contributed by atoms with E-state index in [1.165, 1.54) is 18.5 Å². The maximum absolute atomic E-state index is 5.54. The Bertz CT molecular complexity index is 350. The second kappa shape index (κ2) is 7.19. The Morgan fingerprint density at radius 1 is 1.50 bits per heavy atom. The highest BCUT2D eigenvalue weighted by Gasteiger charge is 2.16. The summed E-state index contributed by atoms with van der Waals surface area (Å²) in [6.45, 7) is 4.63. The van der Waals surface area contributed by atoms with Gasteiger partial charge in [-0.15, -0.1) is 11.3 Å². The molecule has 2 rings (SSSR count). The fraction of sp³-hybridized carbons (Fsp3) is 0.769. The van der Waals surface area contributed by atoms with Gasteiger partial charge < -0.3 is 15.4 Å². The first-order valence-electron chi connectivity index (χ1n) is 6.67. The molecule has 0 bridgehead atoms. The minimum absolute atomic E-state index is 0.685. The molecule has 5 heteroatoms. The van der Waals surface area contributed by atoms with E-state index in [0.717, 1.165) is 43.6 Å². The van der Waals surface area contributed by atoms with Gasteiger partial charge in [0.25, 0.3) is 0 Å². The Hall–Kier alpha value is -0.490. The highest BCUT2D eigenvalue weighted by atomic mass is 32.1. The van der Waals surface area contributed by atoms with E-state index in [1.807, 2.05) is 0 Å². The van der Waals surface area contributed by atoms with E-state index in [1.54, 1.807) is 11.3 Å². The molecular formula is C13H23N3OS. The van der Waals surface area contributed by atoms with Crippen molar-refractivity contribution >= 4 is 11.3 Å². The first-order valence-corrected chi connectivity index (χ1v) is 7.55. The molecule has 2 heterocycles. The largest absolute Gasteiger partial charge is 0.381 e. The second-order valence-corrected chi connectivity index (χ2v) is 5.97. The Balaban J connectivity index is 1.76. The average molecular weight is 269 g/mol. The van der Waals surface area contributed by atoms with Gasteiger partial charge in [0.1, 0.15) is 0 Å². The van der Waals surface area contributed by atoms with Gasteiger partial charge >= 0.3 is 0 Å². The van der Waals surface area contributed by atoms with Crippen LogP contribution in [0, 0.1) is 5.92 Å². The highest BCUT2D eigenvalue weighted by molar-refractivity contribution is 7.09. The molecule has 1 aliphatic rings. The predicted molar refractivity (Wildman–Crippen MR) is 74.7 cm³/mol. The van der Waals surface area contributed by atoms with Gasteiger partial charge in [-0.1, -0.05) is 0 Å². The normalized spacial score (nSPS) is 17.5. The summed E-state index contributed by atoms with van der Waals surface area (Å²) in [6.07, 6.45) is 3.29. The molecule has 18 heavy (non-hydrogen) atoms. The summed E-state index contributed by atoms with van der Waals surface area (Å²) in [5.41, 5.74) is 6.72. The van der Waals surface area contributed by atoms with Gasteiger partial charge in [-0.05, 0) is 32.4 Å². The van der Waals surface area contributed by atoms with Crippen LogP contribution in [0.3, 0.4) is 0 Å². The quantitative estimate of drug-likeness (QED) is 0.850. The highest BCUT2D eigenvalue weighted by Crippen LogP contribution is 2.17. The van der Waals surface area contributed by atoms with Crippen LogP contribution in [0.25, 0.3) is 0 Å². The van der Waals surface area contributed by atoms with Crippen LogP contribution in [0.5, 0.6) is 0 Å². The molecule has 1 aliphatic heterocycles. The average Bonchev–Trinajstić information content (AvgIpc) is 2.78. The van der Waals surface area contributed by atoms with Crippen molar-refractivity contribution in [3.8, 4) is 0 Å². The molecule has 1 fully saturated rings. The van der Waals surface area contributed by atoms with Crippen LogP contribution in [0.2, 0.25) is 0 Å². The maximum Gasteiger partial charge on any atom is 0.0941 e. The summed E-state index contributed by atoms with van der Waals surface area (Å²) < 4.78 is 5.39. The van der Waals surface area contributed by atoms with Gasteiger partial charge in [0, 0.05) is 38.1 Å². The maximum atomic E-state index is 5.54. The van der Waals surface area contributed by atoms with Crippen molar-refractivity contribution in [1.82, 2.24) is 9.88 Å². The predicted octanol–water partition coefficient (Wildman–Crippen LogP) is 1.50. The minimum Gasteiger partial charge on any atom is -0.381 e. The molecule has 0 radical (unpaired) electrons. The van der Waals surface area contributed by atoms with Gasteiger partial charge in [-0.2, -0.15) is 0 Å². The van der Waals surface area contributed by atoms with Crippen molar-refractivity contribution in [2.75, 3.05) is 33.4 Å². The zero-order valence-corrected chi connectivity index (χ0v) is 11.9. The molecule has 1 aromatic rings. The van der Waals surface area contributed by atoms with Gasteiger partial charge in [0.15, 0.2) is 0 Å². The summed E-state index contributed by atoms with van der Waals surface area (Å²) >= 11 is 1.72. The third-order valence-corrected chi connectivity index (χ3v) is 4.26. The minimum atomic E-state index is 0.685. The third-order valence-electron chi connectivity index (χ3n) is 3.30. The molecule has 102 valence electrons. The number of nitrogens with zero attached hydrogens (tertiary/aromatic N) is 2. The van der Waals surface area contributed by atoms with Gasteiger partial charge in [0.2, 0.25) is 0 Å². The van der Waals surface area contributed by atoms with E-state index in [-0.39, 0.29) is 0 Å². The van der Waals surface area contributed by atoms with Crippen LogP contribution < -0.4 is 5.73 Å². The van der Waals surface area contributed by atoms with Crippen LogP contribution in [-0.2, 0) is 17.7 Å². The molecule has 4 nitrogen and oxygen atoms in total. The number of ether oxygens (including phenoxy) is 1. The molecule has 0 aliphatic carbocycles. The van der Waals surface area contributed by atoms with E-state index in [2.05, 4.69) is 22.3 Å². The summed E-state index contributed by atoms with van der Waals surface area (Å²) in [7, 11) is 2.18. The first-order chi connectivity index (χ1) is 8.78. The molecule has 0 aromatic carbocycles. The van der Waals surface area contributed by atoms with Crippen LogP contribution >= 0.6 is 11.3 Å². The monoisotopic (exact) mass is 269 g/mol. The zero-order valence-electron chi connectivity index (χ0n) is 11.1. The van der Waals surface area contributed by atoms with Gasteiger partial charge in [-0.25, -0.2) is 4.98 Å². The molecular weight excluding hydrogens is 246 g/mol. The van der Waals surface area contributed by atoms with Crippen LogP contribution in [0.4, 0.5) is 0 Å². The van der Waals surface area contributed by atoms with E-state index in [9.17, 15) is 0 Å². The molecule has 0 spiro atoms.